The van der Waals surface area contributed by atoms with Crippen LogP contribution < -0.4 is 10.2 Å². The Bertz CT molecular complexity index is 1020. The average Bonchev–Trinajstić information content (AvgIpc) is 2.88. The molecular weight excluding hydrogens is 326 g/mol. The van der Waals surface area contributed by atoms with Crippen LogP contribution in [0.3, 0.4) is 0 Å². The SMILES string of the molecule is Cc1nc(Nc2cc(F)c3c(c2)c(N(C)C)nn3C)c(C#N)cc1F. The smallest absolute Gasteiger partial charge is 0.158 e. The Hall–Kier alpha value is -3.21. The van der Waals surface area contributed by atoms with Crippen LogP contribution in [0.1, 0.15) is 11.3 Å². The van der Waals surface area contributed by atoms with Gasteiger partial charge in [-0.3, -0.25) is 4.68 Å². The second-order valence-electron chi connectivity index (χ2n) is 5.88. The van der Waals surface area contributed by atoms with Crippen molar-refractivity contribution in [3.63, 3.8) is 0 Å². The summed E-state index contributed by atoms with van der Waals surface area (Å²) < 4.78 is 29.6. The number of hydrogen-bond acceptors (Lipinski definition) is 5. The highest BCUT2D eigenvalue weighted by Gasteiger charge is 2.17. The Morgan fingerprint density at radius 2 is 1.92 bits per heavy atom. The number of aryl methyl sites for hydroxylation is 2. The molecule has 0 bridgehead atoms. The third kappa shape index (κ3) is 2.85. The molecule has 0 spiro atoms. The van der Waals surface area contributed by atoms with E-state index in [4.69, 9.17) is 5.26 Å². The van der Waals surface area contributed by atoms with Crippen molar-refractivity contribution in [2.24, 2.45) is 7.05 Å². The lowest BCUT2D eigenvalue weighted by Gasteiger charge is -2.11. The molecule has 25 heavy (non-hydrogen) atoms. The van der Waals surface area contributed by atoms with Crippen LogP contribution >= 0.6 is 0 Å². The predicted molar refractivity (Wildman–Crippen MR) is 91.9 cm³/mol. The van der Waals surface area contributed by atoms with Gasteiger partial charge >= 0.3 is 0 Å². The van der Waals surface area contributed by atoms with E-state index in [2.05, 4.69) is 15.4 Å². The van der Waals surface area contributed by atoms with Crippen molar-refractivity contribution in [2.45, 2.75) is 6.92 Å². The van der Waals surface area contributed by atoms with Crippen LogP contribution in [0, 0.1) is 29.9 Å². The molecule has 0 fully saturated rings. The molecule has 0 atom stereocenters. The van der Waals surface area contributed by atoms with Gasteiger partial charge in [-0.15, -0.1) is 0 Å². The van der Waals surface area contributed by atoms with Gasteiger partial charge in [0.25, 0.3) is 0 Å². The summed E-state index contributed by atoms with van der Waals surface area (Å²) in [5.41, 5.74) is 0.968. The van der Waals surface area contributed by atoms with Gasteiger partial charge in [0.1, 0.15) is 23.2 Å². The Morgan fingerprint density at radius 1 is 1.20 bits per heavy atom. The molecule has 0 unspecified atom stereocenters. The van der Waals surface area contributed by atoms with Crippen LogP contribution in [-0.2, 0) is 7.05 Å². The maximum Gasteiger partial charge on any atom is 0.158 e. The van der Waals surface area contributed by atoms with Gasteiger partial charge in [0.15, 0.2) is 11.6 Å². The molecule has 0 aliphatic heterocycles. The Balaban J connectivity index is 2.14. The third-order valence-corrected chi connectivity index (χ3v) is 3.83. The molecule has 0 saturated carbocycles. The lowest BCUT2D eigenvalue weighted by Crippen LogP contribution is -2.10. The van der Waals surface area contributed by atoms with Crippen molar-refractivity contribution >= 4 is 28.2 Å². The number of aromatic nitrogens is 3. The summed E-state index contributed by atoms with van der Waals surface area (Å²) in [4.78, 5) is 5.83. The molecule has 0 aliphatic carbocycles. The Morgan fingerprint density at radius 3 is 2.56 bits per heavy atom. The number of nitrogens with one attached hydrogen (secondary N) is 1. The fourth-order valence-electron chi connectivity index (χ4n) is 2.64. The van der Waals surface area contributed by atoms with E-state index in [1.165, 1.54) is 17.7 Å². The number of hydrogen-bond donors (Lipinski definition) is 1. The Labute approximate surface area is 143 Å². The molecule has 0 amide bonds. The molecule has 8 heteroatoms. The first-order valence-corrected chi connectivity index (χ1v) is 7.49. The van der Waals surface area contributed by atoms with Crippen LogP contribution in [0.2, 0.25) is 0 Å². The van der Waals surface area contributed by atoms with Crippen molar-refractivity contribution in [1.82, 2.24) is 14.8 Å². The van der Waals surface area contributed by atoms with Crippen molar-refractivity contribution in [2.75, 3.05) is 24.3 Å². The van der Waals surface area contributed by atoms with Crippen molar-refractivity contribution in [1.29, 1.82) is 5.26 Å². The molecular formula is C17H16F2N6. The lowest BCUT2D eigenvalue weighted by atomic mass is 10.2. The first-order valence-electron chi connectivity index (χ1n) is 7.49. The van der Waals surface area contributed by atoms with Crippen LogP contribution in [-0.4, -0.2) is 28.9 Å². The maximum atomic E-state index is 14.5. The highest BCUT2D eigenvalue weighted by molar-refractivity contribution is 5.94. The van der Waals surface area contributed by atoms with Gasteiger partial charge in [-0.25, -0.2) is 13.8 Å². The second-order valence-corrected chi connectivity index (χ2v) is 5.88. The molecule has 2 aromatic heterocycles. The number of fused-ring (bicyclic) bond motifs is 1. The van der Waals surface area contributed by atoms with E-state index in [0.29, 0.717) is 22.4 Å². The van der Waals surface area contributed by atoms with Crippen LogP contribution in [0.25, 0.3) is 10.9 Å². The fourth-order valence-corrected chi connectivity index (χ4v) is 2.64. The van der Waals surface area contributed by atoms with Gasteiger partial charge in [-0.05, 0) is 25.1 Å². The number of nitriles is 1. The molecule has 1 N–H and O–H groups in total. The molecule has 0 aliphatic rings. The van der Waals surface area contributed by atoms with E-state index >= 15 is 0 Å². The van der Waals surface area contributed by atoms with Gasteiger partial charge < -0.3 is 10.2 Å². The van der Waals surface area contributed by atoms with Gasteiger partial charge in [-0.1, -0.05) is 0 Å². The molecule has 2 heterocycles. The molecule has 6 nitrogen and oxygen atoms in total. The van der Waals surface area contributed by atoms with E-state index in [9.17, 15) is 8.78 Å². The maximum absolute atomic E-state index is 14.5. The minimum Gasteiger partial charge on any atom is -0.361 e. The lowest BCUT2D eigenvalue weighted by molar-refractivity contribution is 0.609. The minimum atomic E-state index is -0.564. The van der Waals surface area contributed by atoms with Gasteiger partial charge in [0.05, 0.1) is 11.3 Å². The highest BCUT2D eigenvalue weighted by Crippen LogP contribution is 2.31. The van der Waals surface area contributed by atoms with Gasteiger partial charge in [-0.2, -0.15) is 10.4 Å². The zero-order valence-electron chi connectivity index (χ0n) is 14.2. The predicted octanol–water partition coefficient (Wildman–Crippen LogP) is 3.24. The van der Waals surface area contributed by atoms with E-state index in [1.807, 2.05) is 20.2 Å². The molecule has 128 valence electrons. The molecule has 1 aromatic carbocycles. The quantitative estimate of drug-likeness (QED) is 0.791. The summed E-state index contributed by atoms with van der Waals surface area (Å²) in [5.74, 6) is -0.231. The van der Waals surface area contributed by atoms with Crippen LogP contribution in [0.5, 0.6) is 0 Å². The zero-order chi connectivity index (χ0) is 18.3. The molecule has 0 saturated heterocycles. The summed E-state index contributed by atoms with van der Waals surface area (Å²) in [7, 11) is 5.31. The minimum absolute atomic E-state index is 0.0441. The van der Waals surface area contributed by atoms with Gasteiger partial charge in [0.2, 0.25) is 0 Å². The topological polar surface area (TPSA) is 69.8 Å². The van der Waals surface area contributed by atoms with E-state index in [-0.39, 0.29) is 17.1 Å². The number of rotatable bonds is 3. The summed E-state index contributed by atoms with van der Waals surface area (Å²) in [5, 5.41) is 17.0. The number of nitrogens with zero attached hydrogens (tertiary/aromatic N) is 5. The normalized spacial score (nSPS) is 10.8. The summed E-state index contributed by atoms with van der Waals surface area (Å²) in [6.45, 7) is 1.50. The van der Waals surface area contributed by atoms with Crippen molar-refractivity contribution in [3.05, 3.63) is 41.1 Å². The summed E-state index contributed by atoms with van der Waals surface area (Å²) >= 11 is 0. The standard InChI is InChI=1S/C17H16F2N6/c1-9-13(18)5-10(8-20)16(21-9)22-11-6-12-15(14(19)7-11)25(4)23-17(12)24(2)3/h5-7H,1-4H3,(H,21,22). The van der Waals surface area contributed by atoms with Crippen LogP contribution in [0.4, 0.5) is 26.1 Å². The fraction of sp³-hybridized carbons (Fsp3) is 0.235. The zero-order valence-corrected chi connectivity index (χ0v) is 14.2. The first kappa shape index (κ1) is 16.6. The molecule has 3 aromatic rings. The second kappa shape index (κ2) is 6.02. The highest BCUT2D eigenvalue weighted by atomic mass is 19.1. The van der Waals surface area contributed by atoms with E-state index in [1.54, 1.807) is 18.0 Å². The number of benzene rings is 1. The number of halogens is 2. The van der Waals surface area contributed by atoms with E-state index < -0.39 is 11.6 Å². The van der Waals surface area contributed by atoms with Gasteiger partial charge in [0, 0.05) is 32.2 Å². The third-order valence-electron chi connectivity index (χ3n) is 3.83. The number of pyridine rings is 1. The van der Waals surface area contributed by atoms with Crippen LogP contribution in [0.15, 0.2) is 18.2 Å². The van der Waals surface area contributed by atoms with Crippen molar-refractivity contribution < 1.29 is 8.78 Å². The molecule has 3 rings (SSSR count). The number of anilines is 3. The summed E-state index contributed by atoms with van der Waals surface area (Å²) in [6, 6.07) is 6.01. The van der Waals surface area contributed by atoms with E-state index in [0.717, 1.165) is 6.07 Å². The monoisotopic (exact) mass is 342 g/mol. The first-order chi connectivity index (χ1) is 11.8. The molecule has 0 radical (unpaired) electrons. The Kier molecular flexibility index (Phi) is 4.00. The average molecular weight is 342 g/mol. The van der Waals surface area contributed by atoms with Crippen molar-refractivity contribution in [3.8, 4) is 6.07 Å². The summed E-state index contributed by atoms with van der Waals surface area (Å²) in [6.07, 6.45) is 0. The largest absolute Gasteiger partial charge is 0.361 e.